The van der Waals surface area contributed by atoms with Gasteiger partial charge in [-0.25, -0.2) is 0 Å². The van der Waals surface area contributed by atoms with Crippen LogP contribution in [-0.4, -0.2) is 16.0 Å². The van der Waals surface area contributed by atoms with Crippen molar-refractivity contribution < 1.29 is 9.53 Å². The van der Waals surface area contributed by atoms with Gasteiger partial charge in [0.1, 0.15) is 12.4 Å². The van der Waals surface area contributed by atoms with Gasteiger partial charge in [-0.2, -0.15) is 0 Å². The highest BCUT2D eigenvalue weighted by Gasteiger charge is 2.33. The van der Waals surface area contributed by atoms with E-state index >= 15 is 0 Å². The molecule has 0 aliphatic carbocycles. The SMILES string of the molecule is O=C1/C(=C\c2cc(Cl)ccc2OCc2ccccc2Cl)SC(=NCc2ccccc2)N1Cc1ccccc1. The van der Waals surface area contributed by atoms with E-state index in [1.165, 1.54) is 11.8 Å². The van der Waals surface area contributed by atoms with Crippen molar-refractivity contribution in [3.05, 3.63) is 140 Å². The lowest BCUT2D eigenvalue weighted by molar-refractivity contribution is -0.122. The third-order valence-electron chi connectivity index (χ3n) is 5.91. The molecule has 0 atom stereocenters. The first-order valence-electron chi connectivity index (χ1n) is 12.1. The molecule has 4 aromatic rings. The smallest absolute Gasteiger partial charge is 0.267 e. The summed E-state index contributed by atoms with van der Waals surface area (Å²) >= 11 is 14.0. The number of hydrogen-bond acceptors (Lipinski definition) is 4. The maximum absolute atomic E-state index is 13.6. The molecule has 0 saturated carbocycles. The number of hydrogen-bond donors (Lipinski definition) is 0. The molecule has 1 aliphatic heterocycles. The van der Waals surface area contributed by atoms with Crippen LogP contribution in [0.25, 0.3) is 6.08 Å². The van der Waals surface area contributed by atoms with Gasteiger partial charge in [0.15, 0.2) is 5.17 Å². The fraction of sp³-hybridized carbons (Fsp3) is 0.0968. The number of carbonyl (C=O) groups is 1. The topological polar surface area (TPSA) is 41.9 Å². The first-order valence-corrected chi connectivity index (χ1v) is 13.6. The highest BCUT2D eigenvalue weighted by molar-refractivity contribution is 8.18. The van der Waals surface area contributed by atoms with Crippen molar-refractivity contribution in [1.82, 2.24) is 4.90 Å². The van der Waals surface area contributed by atoms with E-state index in [4.69, 9.17) is 32.9 Å². The number of rotatable bonds is 8. The quantitative estimate of drug-likeness (QED) is 0.204. The Morgan fingerprint density at radius 2 is 1.53 bits per heavy atom. The number of benzene rings is 4. The Balaban J connectivity index is 1.44. The zero-order valence-corrected chi connectivity index (χ0v) is 22.7. The summed E-state index contributed by atoms with van der Waals surface area (Å²) in [4.78, 5) is 20.7. The lowest BCUT2D eigenvalue weighted by Gasteiger charge is -2.15. The van der Waals surface area contributed by atoms with Crippen LogP contribution in [0.3, 0.4) is 0 Å². The van der Waals surface area contributed by atoms with Crippen LogP contribution in [0.4, 0.5) is 0 Å². The van der Waals surface area contributed by atoms with Gasteiger partial charge in [-0.15, -0.1) is 0 Å². The summed E-state index contributed by atoms with van der Waals surface area (Å²) in [5.74, 6) is 0.502. The molecule has 1 aliphatic rings. The predicted molar refractivity (Wildman–Crippen MR) is 157 cm³/mol. The average molecular weight is 560 g/mol. The molecule has 1 saturated heterocycles. The second-order valence-corrected chi connectivity index (χ2v) is 10.5. The number of ether oxygens (including phenoxy) is 1. The molecule has 0 N–H and O–H groups in total. The zero-order chi connectivity index (χ0) is 26.3. The minimum Gasteiger partial charge on any atom is -0.488 e. The van der Waals surface area contributed by atoms with E-state index in [2.05, 4.69) is 0 Å². The van der Waals surface area contributed by atoms with Crippen molar-refractivity contribution in [3.63, 3.8) is 0 Å². The monoisotopic (exact) mass is 558 g/mol. The summed E-state index contributed by atoms with van der Waals surface area (Å²) in [6.07, 6.45) is 1.82. The van der Waals surface area contributed by atoms with Crippen LogP contribution in [0.15, 0.2) is 113 Å². The lowest BCUT2D eigenvalue weighted by atomic mass is 10.1. The molecule has 1 amide bonds. The maximum atomic E-state index is 13.6. The molecule has 5 rings (SSSR count). The zero-order valence-electron chi connectivity index (χ0n) is 20.4. The van der Waals surface area contributed by atoms with Crippen molar-refractivity contribution in [2.45, 2.75) is 19.7 Å². The summed E-state index contributed by atoms with van der Waals surface area (Å²) in [5.41, 5.74) is 3.69. The second-order valence-electron chi connectivity index (χ2n) is 8.63. The summed E-state index contributed by atoms with van der Waals surface area (Å²) < 4.78 is 6.11. The van der Waals surface area contributed by atoms with Crippen LogP contribution in [0, 0.1) is 0 Å². The minimum absolute atomic E-state index is 0.109. The van der Waals surface area contributed by atoms with Crippen LogP contribution in [0.1, 0.15) is 22.3 Å². The molecule has 7 heteroatoms. The Kier molecular flexibility index (Phi) is 8.49. The molecule has 0 radical (unpaired) electrons. The molecule has 0 unspecified atom stereocenters. The van der Waals surface area contributed by atoms with Gasteiger partial charge in [0, 0.05) is 21.2 Å². The molecule has 1 fully saturated rings. The van der Waals surface area contributed by atoms with Crippen LogP contribution < -0.4 is 4.74 Å². The van der Waals surface area contributed by atoms with Crippen LogP contribution in [-0.2, 0) is 24.5 Å². The van der Waals surface area contributed by atoms with Gasteiger partial charge in [0.2, 0.25) is 0 Å². The van der Waals surface area contributed by atoms with Crippen molar-refractivity contribution >= 4 is 52.1 Å². The largest absolute Gasteiger partial charge is 0.488 e. The molecule has 1 heterocycles. The third kappa shape index (κ3) is 6.48. The van der Waals surface area contributed by atoms with Gasteiger partial charge in [-0.05, 0) is 53.2 Å². The van der Waals surface area contributed by atoms with Crippen molar-refractivity contribution in [3.8, 4) is 5.75 Å². The van der Waals surface area contributed by atoms with Gasteiger partial charge < -0.3 is 4.74 Å². The summed E-state index contributed by atoms with van der Waals surface area (Å²) in [6.45, 7) is 1.21. The normalized spacial score (nSPS) is 15.4. The Labute approximate surface area is 236 Å². The first kappa shape index (κ1) is 26.1. The Morgan fingerprint density at radius 3 is 2.26 bits per heavy atom. The minimum atomic E-state index is -0.109. The van der Waals surface area contributed by atoms with Crippen LogP contribution in [0.2, 0.25) is 10.0 Å². The Bertz CT molecular complexity index is 1490. The Morgan fingerprint density at radius 1 is 0.842 bits per heavy atom. The number of carbonyl (C=O) groups excluding carboxylic acids is 1. The average Bonchev–Trinajstić information content (AvgIpc) is 3.22. The van der Waals surface area contributed by atoms with Crippen LogP contribution in [0.5, 0.6) is 5.75 Å². The number of aliphatic imine (C=N–C) groups is 1. The number of nitrogens with zero attached hydrogens (tertiary/aromatic N) is 2. The molecule has 4 nitrogen and oxygen atoms in total. The fourth-order valence-electron chi connectivity index (χ4n) is 3.95. The van der Waals surface area contributed by atoms with E-state index < -0.39 is 0 Å². The molecule has 0 spiro atoms. The van der Waals surface area contributed by atoms with Crippen molar-refractivity contribution in [2.24, 2.45) is 4.99 Å². The number of halogens is 2. The van der Waals surface area contributed by atoms with Crippen molar-refractivity contribution in [2.75, 3.05) is 0 Å². The molecule has 38 heavy (non-hydrogen) atoms. The first-order chi connectivity index (χ1) is 18.6. The van der Waals surface area contributed by atoms with Gasteiger partial charge in [-0.3, -0.25) is 14.7 Å². The molecule has 4 aromatic carbocycles. The predicted octanol–water partition coefficient (Wildman–Crippen LogP) is 8.25. The van der Waals surface area contributed by atoms with E-state index in [-0.39, 0.29) is 5.91 Å². The van der Waals surface area contributed by atoms with E-state index in [1.807, 2.05) is 97.1 Å². The molecular formula is C31H24Cl2N2O2S. The van der Waals surface area contributed by atoms with Crippen LogP contribution >= 0.6 is 35.0 Å². The van der Waals surface area contributed by atoms with E-state index in [0.29, 0.717) is 51.1 Å². The third-order valence-corrected chi connectivity index (χ3v) is 7.56. The molecule has 0 bridgehead atoms. The van der Waals surface area contributed by atoms with Gasteiger partial charge in [0.05, 0.1) is 18.0 Å². The van der Waals surface area contributed by atoms with E-state index in [9.17, 15) is 4.79 Å². The summed E-state index contributed by atoms with van der Waals surface area (Å²) in [7, 11) is 0. The van der Waals surface area contributed by atoms with E-state index in [1.54, 1.807) is 17.0 Å². The lowest BCUT2D eigenvalue weighted by Crippen LogP contribution is -2.28. The number of thioether (sulfide) groups is 1. The summed E-state index contributed by atoms with van der Waals surface area (Å²) in [5, 5.41) is 1.85. The fourth-order valence-corrected chi connectivity index (χ4v) is 5.29. The molecular weight excluding hydrogens is 535 g/mol. The highest BCUT2D eigenvalue weighted by atomic mass is 35.5. The maximum Gasteiger partial charge on any atom is 0.267 e. The summed E-state index contributed by atoms with van der Waals surface area (Å²) in [6, 6.07) is 32.8. The standard InChI is InChI=1S/C31H24Cl2N2O2S/c32-26-15-16-28(37-21-24-13-7-8-14-27(24)33)25(17-26)18-29-30(36)35(20-23-11-5-2-6-12-23)31(38-29)34-19-22-9-3-1-4-10-22/h1-18H,19-21H2/b29-18+,34-31?. The van der Waals surface area contributed by atoms with Gasteiger partial charge >= 0.3 is 0 Å². The van der Waals surface area contributed by atoms with Gasteiger partial charge in [-0.1, -0.05) is 102 Å². The number of amides is 1. The Hall–Kier alpha value is -3.51. The van der Waals surface area contributed by atoms with Crippen molar-refractivity contribution in [1.29, 1.82) is 0 Å². The molecule has 190 valence electrons. The second kappa shape index (κ2) is 12.4. The van der Waals surface area contributed by atoms with Gasteiger partial charge in [0.25, 0.3) is 5.91 Å². The number of amidine groups is 1. The molecule has 0 aromatic heterocycles. The highest BCUT2D eigenvalue weighted by Crippen LogP contribution is 2.36. The van der Waals surface area contributed by atoms with E-state index in [0.717, 1.165) is 16.7 Å².